The Morgan fingerprint density at radius 1 is 0.810 bits per heavy atom. The molecule has 3 rings (SSSR count). The Labute approximate surface area is 131 Å². The van der Waals surface area contributed by atoms with Crippen molar-refractivity contribution in [2.24, 2.45) is 0 Å². The number of nitrogens with zero attached hydrogens (tertiary/aromatic N) is 2. The lowest BCUT2D eigenvalue weighted by Gasteiger charge is -2.48. The molecule has 2 saturated heterocycles. The fourth-order valence-corrected chi connectivity index (χ4v) is 6.70. The molecule has 0 amide bonds. The van der Waals surface area contributed by atoms with Gasteiger partial charge in [0.1, 0.15) is 0 Å². The minimum absolute atomic E-state index is 0.304. The Bertz CT molecular complexity index is 414. The quantitative estimate of drug-likeness (QED) is 0.765. The topological polar surface area (TPSA) is 6.48 Å². The highest BCUT2D eigenvalue weighted by atomic mass is 31.1. The second-order valence-electron chi connectivity index (χ2n) is 6.64. The minimum Gasteiger partial charge on any atom is -0.263 e. The van der Waals surface area contributed by atoms with E-state index in [1.54, 1.807) is 5.30 Å². The summed E-state index contributed by atoms with van der Waals surface area (Å²) >= 11 is 0. The molecule has 3 heteroatoms. The minimum atomic E-state index is -0.304. The van der Waals surface area contributed by atoms with E-state index in [4.69, 9.17) is 0 Å². The predicted octanol–water partition coefficient (Wildman–Crippen LogP) is 4.37. The third kappa shape index (κ3) is 3.50. The monoisotopic (exact) mass is 304 g/mol. The summed E-state index contributed by atoms with van der Waals surface area (Å²) in [5, 5.41) is 1.55. The summed E-state index contributed by atoms with van der Waals surface area (Å²) in [6.07, 6.45) is 8.30. The van der Waals surface area contributed by atoms with E-state index < -0.39 is 0 Å². The highest BCUT2D eigenvalue weighted by Gasteiger charge is 2.35. The van der Waals surface area contributed by atoms with Crippen molar-refractivity contribution in [2.75, 3.05) is 13.1 Å². The smallest absolute Gasteiger partial charge is 0.0729 e. The van der Waals surface area contributed by atoms with Crippen LogP contribution in [-0.4, -0.2) is 34.5 Å². The molecule has 0 bridgehead atoms. The van der Waals surface area contributed by atoms with Crippen LogP contribution in [0.15, 0.2) is 30.3 Å². The second-order valence-corrected chi connectivity index (χ2v) is 8.76. The maximum Gasteiger partial charge on any atom is 0.0729 e. The lowest BCUT2D eigenvalue weighted by molar-refractivity contribution is 0.232. The Morgan fingerprint density at radius 2 is 1.33 bits per heavy atom. The maximum atomic E-state index is 2.83. The largest absolute Gasteiger partial charge is 0.263 e. The SMILES string of the molecule is C[C@H]1CCCCN1P(c1ccccc1)N1CCCC[C@@H]1C. The zero-order valence-electron chi connectivity index (χ0n) is 13.5. The van der Waals surface area contributed by atoms with Crippen LogP contribution in [0.25, 0.3) is 0 Å². The number of rotatable bonds is 3. The summed E-state index contributed by atoms with van der Waals surface area (Å²) in [6, 6.07) is 12.8. The summed E-state index contributed by atoms with van der Waals surface area (Å²) in [5.41, 5.74) is 0. The van der Waals surface area contributed by atoms with Crippen LogP contribution in [0.4, 0.5) is 0 Å². The molecule has 2 aliphatic heterocycles. The average molecular weight is 304 g/mol. The molecule has 0 aliphatic carbocycles. The van der Waals surface area contributed by atoms with Crippen LogP contribution in [-0.2, 0) is 0 Å². The highest BCUT2D eigenvalue weighted by molar-refractivity contribution is 7.61. The third-order valence-corrected chi connectivity index (χ3v) is 7.93. The van der Waals surface area contributed by atoms with Crippen molar-refractivity contribution in [2.45, 2.75) is 64.5 Å². The first-order valence-electron chi connectivity index (χ1n) is 8.65. The van der Waals surface area contributed by atoms with E-state index >= 15 is 0 Å². The van der Waals surface area contributed by atoms with Gasteiger partial charge in [-0.3, -0.25) is 9.34 Å². The van der Waals surface area contributed by atoms with E-state index in [9.17, 15) is 0 Å². The summed E-state index contributed by atoms with van der Waals surface area (Å²) in [6.45, 7) is 7.44. The van der Waals surface area contributed by atoms with Crippen molar-refractivity contribution < 1.29 is 0 Å². The van der Waals surface area contributed by atoms with E-state index in [1.165, 1.54) is 51.6 Å². The van der Waals surface area contributed by atoms with E-state index in [0.29, 0.717) is 0 Å². The molecule has 1 aromatic carbocycles. The van der Waals surface area contributed by atoms with Gasteiger partial charge in [0.2, 0.25) is 0 Å². The molecule has 2 fully saturated rings. The third-order valence-electron chi connectivity index (χ3n) is 5.01. The Balaban J connectivity index is 1.90. The van der Waals surface area contributed by atoms with Crippen LogP contribution in [0, 0.1) is 0 Å². The van der Waals surface area contributed by atoms with Crippen LogP contribution in [0.5, 0.6) is 0 Å². The molecule has 0 spiro atoms. The molecule has 2 atom stereocenters. The Hall–Kier alpha value is -0.430. The molecular formula is C18H29N2P. The Kier molecular flexibility index (Phi) is 5.32. The predicted molar refractivity (Wildman–Crippen MR) is 93.0 cm³/mol. The summed E-state index contributed by atoms with van der Waals surface area (Å²) in [4.78, 5) is 0. The fraction of sp³-hybridized carbons (Fsp3) is 0.667. The van der Waals surface area contributed by atoms with Gasteiger partial charge in [0, 0.05) is 30.5 Å². The number of hydrogen-bond donors (Lipinski definition) is 0. The summed E-state index contributed by atoms with van der Waals surface area (Å²) < 4.78 is 5.66. The van der Waals surface area contributed by atoms with Crippen LogP contribution in [0.1, 0.15) is 52.4 Å². The van der Waals surface area contributed by atoms with E-state index in [0.717, 1.165) is 12.1 Å². The van der Waals surface area contributed by atoms with Gasteiger partial charge in [0.05, 0.1) is 8.22 Å². The van der Waals surface area contributed by atoms with E-state index in [2.05, 4.69) is 53.5 Å². The van der Waals surface area contributed by atoms with Gasteiger partial charge in [0.25, 0.3) is 0 Å². The summed E-state index contributed by atoms with van der Waals surface area (Å²) in [5.74, 6) is 0. The molecule has 116 valence electrons. The molecule has 0 radical (unpaired) electrons. The standard InChI is InChI=1S/C18H29N2P/c1-16-10-6-8-14-19(16)21(18-12-4-3-5-13-18)20-15-9-7-11-17(20)2/h3-5,12-13,16-17H,6-11,14-15H2,1-2H3/t16-,17-/m0/s1. The molecule has 0 saturated carbocycles. The van der Waals surface area contributed by atoms with E-state index in [-0.39, 0.29) is 8.22 Å². The van der Waals surface area contributed by atoms with Gasteiger partial charge in [-0.2, -0.15) is 0 Å². The van der Waals surface area contributed by atoms with Gasteiger partial charge in [-0.15, -0.1) is 0 Å². The molecule has 2 heterocycles. The van der Waals surface area contributed by atoms with Crippen molar-refractivity contribution in [3.63, 3.8) is 0 Å². The number of benzene rings is 1. The van der Waals surface area contributed by atoms with Crippen LogP contribution < -0.4 is 5.30 Å². The van der Waals surface area contributed by atoms with Gasteiger partial charge >= 0.3 is 0 Å². The lowest BCUT2D eigenvalue weighted by atomic mass is 10.1. The molecule has 21 heavy (non-hydrogen) atoms. The molecule has 0 unspecified atom stereocenters. The zero-order valence-corrected chi connectivity index (χ0v) is 14.4. The van der Waals surface area contributed by atoms with Crippen LogP contribution >= 0.6 is 8.22 Å². The van der Waals surface area contributed by atoms with Gasteiger partial charge in [-0.25, -0.2) is 0 Å². The van der Waals surface area contributed by atoms with Crippen molar-refractivity contribution in [3.05, 3.63) is 30.3 Å². The first kappa shape index (κ1) is 15.5. The first-order valence-corrected chi connectivity index (χ1v) is 9.90. The molecule has 2 nitrogen and oxygen atoms in total. The van der Waals surface area contributed by atoms with Crippen molar-refractivity contribution in [1.29, 1.82) is 0 Å². The summed E-state index contributed by atoms with van der Waals surface area (Å²) in [7, 11) is -0.304. The van der Waals surface area contributed by atoms with Crippen LogP contribution in [0.3, 0.4) is 0 Å². The van der Waals surface area contributed by atoms with Gasteiger partial charge < -0.3 is 0 Å². The van der Waals surface area contributed by atoms with Gasteiger partial charge in [-0.1, -0.05) is 43.2 Å². The highest BCUT2D eigenvalue weighted by Crippen LogP contribution is 2.49. The Morgan fingerprint density at radius 3 is 1.81 bits per heavy atom. The molecule has 0 aromatic heterocycles. The lowest BCUT2D eigenvalue weighted by Crippen LogP contribution is -2.45. The number of hydrogen-bond acceptors (Lipinski definition) is 2. The number of piperidine rings is 2. The van der Waals surface area contributed by atoms with Gasteiger partial charge in [0.15, 0.2) is 0 Å². The van der Waals surface area contributed by atoms with Crippen LogP contribution in [0.2, 0.25) is 0 Å². The fourth-order valence-electron chi connectivity index (χ4n) is 3.73. The van der Waals surface area contributed by atoms with Crippen molar-refractivity contribution >= 4 is 13.5 Å². The molecule has 2 aliphatic rings. The second kappa shape index (κ2) is 7.22. The van der Waals surface area contributed by atoms with Crippen molar-refractivity contribution in [1.82, 2.24) is 9.34 Å². The normalized spacial score (nSPS) is 28.9. The van der Waals surface area contributed by atoms with Crippen molar-refractivity contribution in [3.8, 4) is 0 Å². The van der Waals surface area contributed by atoms with E-state index in [1.807, 2.05) is 0 Å². The molecular weight excluding hydrogens is 275 g/mol. The van der Waals surface area contributed by atoms with Gasteiger partial charge in [-0.05, 0) is 39.5 Å². The molecule has 0 N–H and O–H groups in total. The first-order chi connectivity index (χ1) is 10.3. The molecule has 1 aromatic rings. The average Bonchev–Trinajstić information content (AvgIpc) is 2.52. The zero-order chi connectivity index (χ0) is 14.7. The maximum absolute atomic E-state index is 2.83.